The van der Waals surface area contributed by atoms with E-state index in [2.05, 4.69) is 5.32 Å². The first-order chi connectivity index (χ1) is 12.7. The maximum atomic E-state index is 12.8. The number of carbonyl (C=O) groups is 2. The number of esters is 1. The summed E-state index contributed by atoms with van der Waals surface area (Å²) < 4.78 is 11.2. The van der Waals surface area contributed by atoms with Crippen molar-refractivity contribution in [3.05, 3.63) is 54.6 Å². The van der Waals surface area contributed by atoms with Gasteiger partial charge in [0.05, 0.1) is 11.8 Å². The van der Waals surface area contributed by atoms with Crippen molar-refractivity contribution in [1.82, 2.24) is 0 Å². The lowest BCUT2D eigenvalue weighted by atomic mass is 9.79. The van der Waals surface area contributed by atoms with E-state index in [0.29, 0.717) is 11.4 Å². The summed E-state index contributed by atoms with van der Waals surface area (Å²) in [5.41, 5.74) is 0.709. The number of rotatable bonds is 4. The molecule has 2 saturated carbocycles. The monoisotopic (exact) mass is 349 g/mol. The van der Waals surface area contributed by atoms with E-state index in [-0.39, 0.29) is 41.7 Å². The summed E-state index contributed by atoms with van der Waals surface area (Å²) in [5.74, 6) is 1.21. The van der Waals surface area contributed by atoms with E-state index in [4.69, 9.17) is 9.47 Å². The molecule has 3 aliphatic rings. The highest BCUT2D eigenvalue weighted by molar-refractivity contribution is 5.97. The molecular formula is C21H19NO4. The van der Waals surface area contributed by atoms with Crippen LogP contribution >= 0.6 is 0 Å². The minimum atomic E-state index is -0.258. The Labute approximate surface area is 151 Å². The first kappa shape index (κ1) is 15.4. The van der Waals surface area contributed by atoms with Crippen molar-refractivity contribution < 1.29 is 19.1 Å². The second-order valence-electron chi connectivity index (χ2n) is 7.35. The largest absolute Gasteiger partial charge is 0.462 e. The van der Waals surface area contributed by atoms with E-state index < -0.39 is 0 Å². The molecule has 5 heteroatoms. The van der Waals surface area contributed by atoms with Crippen molar-refractivity contribution in [2.75, 3.05) is 5.32 Å². The molecule has 1 aliphatic heterocycles. The average Bonchev–Trinajstić information content (AvgIpc) is 3.26. The van der Waals surface area contributed by atoms with Gasteiger partial charge in [-0.3, -0.25) is 9.59 Å². The van der Waals surface area contributed by atoms with Gasteiger partial charge in [0.15, 0.2) is 0 Å². The normalized spacial score (nSPS) is 30.9. The molecule has 3 fully saturated rings. The van der Waals surface area contributed by atoms with E-state index in [1.807, 2.05) is 54.6 Å². The predicted octanol–water partition coefficient (Wildman–Crippen LogP) is 3.62. The zero-order valence-corrected chi connectivity index (χ0v) is 14.1. The quantitative estimate of drug-likeness (QED) is 0.857. The van der Waals surface area contributed by atoms with E-state index in [1.54, 1.807) is 0 Å². The maximum Gasteiger partial charge on any atom is 0.310 e. The Bertz CT molecular complexity index is 846. The Hall–Kier alpha value is -2.82. The first-order valence-electron chi connectivity index (χ1n) is 9.03. The van der Waals surface area contributed by atoms with Crippen LogP contribution in [0.25, 0.3) is 0 Å². The standard InChI is InChI=1S/C21H19NO4/c23-20(18-12-10-16-17(11-12)26-21(24)19(16)18)22-13-6-8-15(9-7-13)25-14-4-2-1-3-5-14/h1-9,12,16-19H,10-11H2,(H,22,23)/t12-,16+,17-,18+,19+/m1/s1. The molecule has 132 valence electrons. The van der Waals surface area contributed by atoms with Crippen LogP contribution in [0, 0.1) is 23.7 Å². The van der Waals surface area contributed by atoms with Gasteiger partial charge in [0.25, 0.3) is 0 Å². The third-order valence-corrected chi connectivity index (χ3v) is 5.89. The third-order valence-electron chi connectivity index (χ3n) is 5.89. The topological polar surface area (TPSA) is 64.6 Å². The summed E-state index contributed by atoms with van der Waals surface area (Å²) in [6.07, 6.45) is 1.81. The van der Waals surface area contributed by atoms with Crippen LogP contribution < -0.4 is 10.1 Å². The molecule has 1 N–H and O–H groups in total. The average molecular weight is 349 g/mol. The molecule has 5 nitrogen and oxygen atoms in total. The second-order valence-corrected chi connectivity index (χ2v) is 7.35. The van der Waals surface area contributed by atoms with E-state index >= 15 is 0 Å². The Morgan fingerprint density at radius 2 is 1.73 bits per heavy atom. The Balaban J connectivity index is 1.27. The number of amides is 1. The van der Waals surface area contributed by atoms with E-state index in [0.717, 1.165) is 18.6 Å². The van der Waals surface area contributed by atoms with Crippen LogP contribution in [0.1, 0.15) is 12.8 Å². The number of para-hydroxylation sites is 1. The highest BCUT2D eigenvalue weighted by Crippen LogP contribution is 2.57. The van der Waals surface area contributed by atoms with Crippen LogP contribution in [0.5, 0.6) is 11.5 Å². The molecule has 2 aromatic rings. The van der Waals surface area contributed by atoms with Crippen LogP contribution in [0.4, 0.5) is 5.69 Å². The Morgan fingerprint density at radius 3 is 2.50 bits per heavy atom. The smallest absolute Gasteiger partial charge is 0.310 e. The van der Waals surface area contributed by atoms with Crippen molar-refractivity contribution >= 4 is 17.6 Å². The molecule has 0 aromatic heterocycles. The number of ether oxygens (including phenoxy) is 2. The summed E-state index contributed by atoms with van der Waals surface area (Å²) in [4.78, 5) is 24.8. The molecule has 2 aliphatic carbocycles. The third kappa shape index (κ3) is 2.46. The zero-order chi connectivity index (χ0) is 17.7. The molecule has 5 rings (SSSR count). The van der Waals surface area contributed by atoms with Gasteiger partial charge in [0.2, 0.25) is 5.91 Å². The van der Waals surface area contributed by atoms with Crippen molar-refractivity contribution in [3.8, 4) is 11.5 Å². The lowest BCUT2D eigenvalue weighted by Crippen LogP contribution is -2.35. The van der Waals surface area contributed by atoms with Crippen LogP contribution in [-0.2, 0) is 14.3 Å². The van der Waals surface area contributed by atoms with Gasteiger partial charge in [0, 0.05) is 11.6 Å². The fourth-order valence-corrected chi connectivity index (χ4v) is 4.82. The summed E-state index contributed by atoms with van der Waals surface area (Å²) >= 11 is 0. The molecule has 0 unspecified atom stereocenters. The fraction of sp³-hybridized carbons (Fsp3) is 0.333. The fourth-order valence-electron chi connectivity index (χ4n) is 4.82. The van der Waals surface area contributed by atoms with Crippen molar-refractivity contribution in [3.63, 3.8) is 0 Å². The van der Waals surface area contributed by atoms with Gasteiger partial charge < -0.3 is 14.8 Å². The van der Waals surface area contributed by atoms with Gasteiger partial charge in [-0.05, 0) is 55.2 Å². The highest BCUT2D eigenvalue weighted by Gasteiger charge is 2.63. The predicted molar refractivity (Wildman–Crippen MR) is 94.7 cm³/mol. The van der Waals surface area contributed by atoms with E-state index in [1.165, 1.54) is 0 Å². The van der Waals surface area contributed by atoms with Gasteiger partial charge in [-0.25, -0.2) is 0 Å². The highest BCUT2D eigenvalue weighted by atomic mass is 16.6. The minimum absolute atomic E-state index is 0.0518. The van der Waals surface area contributed by atoms with Gasteiger partial charge in [-0.2, -0.15) is 0 Å². The lowest BCUT2D eigenvalue weighted by Gasteiger charge is -2.23. The van der Waals surface area contributed by atoms with Crippen molar-refractivity contribution in [2.24, 2.45) is 23.7 Å². The number of benzene rings is 2. The van der Waals surface area contributed by atoms with Crippen molar-refractivity contribution in [2.45, 2.75) is 18.9 Å². The summed E-state index contributed by atoms with van der Waals surface area (Å²) in [6, 6.07) is 16.8. The Morgan fingerprint density at radius 1 is 1.00 bits per heavy atom. The van der Waals surface area contributed by atoms with Gasteiger partial charge in [0.1, 0.15) is 17.6 Å². The number of hydrogen-bond donors (Lipinski definition) is 1. The zero-order valence-electron chi connectivity index (χ0n) is 14.1. The summed E-state index contributed by atoms with van der Waals surface area (Å²) in [7, 11) is 0. The molecule has 1 saturated heterocycles. The molecule has 1 heterocycles. The second kappa shape index (κ2) is 5.87. The van der Waals surface area contributed by atoms with Gasteiger partial charge in [-0.1, -0.05) is 18.2 Å². The Kier molecular flexibility index (Phi) is 3.48. The molecule has 5 atom stereocenters. The molecule has 2 aromatic carbocycles. The van der Waals surface area contributed by atoms with E-state index in [9.17, 15) is 9.59 Å². The van der Waals surface area contributed by atoms with Crippen LogP contribution in [0.2, 0.25) is 0 Å². The number of fused-ring (bicyclic) bond motifs is 1. The lowest BCUT2D eigenvalue weighted by molar-refractivity contribution is -0.145. The number of hydrogen-bond acceptors (Lipinski definition) is 4. The molecule has 26 heavy (non-hydrogen) atoms. The molecular weight excluding hydrogens is 330 g/mol. The molecule has 0 spiro atoms. The van der Waals surface area contributed by atoms with Crippen LogP contribution in [0.3, 0.4) is 0 Å². The van der Waals surface area contributed by atoms with Gasteiger partial charge >= 0.3 is 5.97 Å². The number of anilines is 1. The molecule has 2 bridgehead atoms. The summed E-state index contributed by atoms with van der Waals surface area (Å²) in [5, 5.41) is 2.96. The SMILES string of the molecule is O=C(Nc1ccc(Oc2ccccc2)cc1)[C@H]1[C@@H]2C[C@@H]3[C@@H]1C(=O)O[C@@H]3C2. The van der Waals surface area contributed by atoms with Crippen LogP contribution in [0.15, 0.2) is 54.6 Å². The number of carbonyl (C=O) groups excluding carboxylic acids is 2. The molecule has 0 radical (unpaired) electrons. The summed E-state index contributed by atoms with van der Waals surface area (Å²) in [6.45, 7) is 0. The maximum absolute atomic E-state index is 12.8. The van der Waals surface area contributed by atoms with Crippen LogP contribution in [-0.4, -0.2) is 18.0 Å². The molecule has 1 amide bonds. The minimum Gasteiger partial charge on any atom is -0.462 e. The first-order valence-corrected chi connectivity index (χ1v) is 9.03. The van der Waals surface area contributed by atoms with Crippen molar-refractivity contribution in [1.29, 1.82) is 0 Å². The number of nitrogens with one attached hydrogen (secondary N) is 1. The van der Waals surface area contributed by atoms with Gasteiger partial charge in [-0.15, -0.1) is 0 Å².